The van der Waals surface area contributed by atoms with E-state index in [9.17, 15) is 4.79 Å². The van der Waals surface area contributed by atoms with E-state index in [0.29, 0.717) is 0 Å². The van der Waals surface area contributed by atoms with Gasteiger partial charge < -0.3 is 4.74 Å². The highest BCUT2D eigenvalue weighted by Crippen LogP contribution is 2.28. The second kappa shape index (κ2) is 5.14. The molecule has 82 valence electrons. The Morgan fingerprint density at radius 2 is 2.27 bits per heavy atom. The van der Waals surface area contributed by atoms with Gasteiger partial charge in [-0.3, -0.25) is 10.2 Å². The first-order valence-electron chi connectivity index (χ1n) is 4.44. The predicted molar refractivity (Wildman–Crippen MR) is 61.4 cm³/mol. The molecule has 0 saturated heterocycles. The topological polar surface area (TPSA) is 64.3 Å². The van der Waals surface area contributed by atoms with Gasteiger partial charge in [0.15, 0.2) is 0 Å². The summed E-state index contributed by atoms with van der Waals surface area (Å²) in [5.41, 5.74) is 3.01. The molecule has 0 spiro atoms. The van der Waals surface area contributed by atoms with Crippen molar-refractivity contribution in [2.75, 3.05) is 7.11 Å². The normalized spacial score (nSPS) is 12.0. The van der Waals surface area contributed by atoms with Crippen molar-refractivity contribution in [3.63, 3.8) is 0 Å². The molecule has 4 nitrogen and oxygen atoms in total. The van der Waals surface area contributed by atoms with Crippen LogP contribution in [-0.4, -0.2) is 13.0 Å². The van der Waals surface area contributed by atoms with Crippen LogP contribution in [0.15, 0.2) is 22.7 Å². The number of nitrogens with two attached hydrogens (primary N) is 1. The van der Waals surface area contributed by atoms with Crippen molar-refractivity contribution in [1.29, 1.82) is 0 Å². The molecule has 0 radical (unpaired) electrons. The Labute approximate surface area is 96.9 Å². The molecule has 3 N–H and O–H groups in total. The molecule has 1 aromatic rings. The summed E-state index contributed by atoms with van der Waals surface area (Å²) in [5, 5.41) is 0. The van der Waals surface area contributed by atoms with Crippen molar-refractivity contribution in [2.45, 2.75) is 12.8 Å². The Bertz CT molecular complexity index is 368. The highest BCUT2D eigenvalue weighted by molar-refractivity contribution is 9.10. The van der Waals surface area contributed by atoms with Crippen molar-refractivity contribution in [2.24, 2.45) is 5.84 Å². The molecule has 1 unspecified atom stereocenters. The van der Waals surface area contributed by atoms with E-state index in [-0.39, 0.29) is 11.8 Å². The highest BCUT2D eigenvalue weighted by Gasteiger charge is 2.14. The maximum Gasteiger partial charge on any atom is 0.241 e. The van der Waals surface area contributed by atoms with E-state index in [2.05, 4.69) is 21.4 Å². The van der Waals surface area contributed by atoms with Gasteiger partial charge in [-0.05, 0) is 40.5 Å². The number of nitrogens with one attached hydrogen (secondary N) is 1. The van der Waals surface area contributed by atoms with E-state index in [0.717, 1.165) is 15.8 Å². The SMILES string of the molecule is COc1ccc(C(C)C(=O)NN)cc1Br. The molecule has 1 amide bonds. The molecule has 0 aromatic heterocycles. The number of carbonyl (C=O) groups is 1. The van der Waals surface area contributed by atoms with Crippen molar-refractivity contribution < 1.29 is 9.53 Å². The maximum absolute atomic E-state index is 11.3. The zero-order chi connectivity index (χ0) is 11.4. The van der Waals surface area contributed by atoms with Crippen molar-refractivity contribution >= 4 is 21.8 Å². The third-order valence-corrected chi connectivity index (χ3v) is 2.83. The average Bonchev–Trinajstić information content (AvgIpc) is 2.26. The zero-order valence-electron chi connectivity index (χ0n) is 8.58. The lowest BCUT2D eigenvalue weighted by Gasteiger charge is -2.11. The van der Waals surface area contributed by atoms with Crippen LogP contribution in [0.1, 0.15) is 18.4 Å². The standard InChI is InChI=1S/C10H13BrN2O2/c1-6(10(14)13-12)7-3-4-9(15-2)8(11)5-7/h3-6H,12H2,1-2H3,(H,13,14). The van der Waals surface area contributed by atoms with Crippen LogP contribution in [-0.2, 0) is 4.79 Å². The van der Waals surface area contributed by atoms with Gasteiger partial charge >= 0.3 is 0 Å². The van der Waals surface area contributed by atoms with Crippen molar-refractivity contribution in [3.05, 3.63) is 28.2 Å². The first-order chi connectivity index (χ1) is 7.10. The Hall–Kier alpha value is -1.07. The number of ether oxygens (including phenoxy) is 1. The summed E-state index contributed by atoms with van der Waals surface area (Å²) in [7, 11) is 1.59. The van der Waals surface area contributed by atoms with Gasteiger partial charge in [0, 0.05) is 0 Å². The monoisotopic (exact) mass is 272 g/mol. The minimum absolute atomic E-state index is 0.216. The Morgan fingerprint density at radius 1 is 1.60 bits per heavy atom. The molecule has 1 atom stereocenters. The molecule has 0 heterocycles. The van der Waals surface area contributed by atoms with Gasteiger partial charge in [-0.25, -0.2) is 5.84 Å². The maximum atomic E-state index is 11.3. The van der Waals surface area contributed by atoms with Gasteiger partial charge in [-0.15, -0.1) is 0 Å². The molecule has 15 heavy (non-hydrogen) atoms. The predicted octanol–water partition coefficient (Wildman–Crippen LogP) is 1.55. The number of methoxy groups -OCH3 is 1. The summed E-state index contributed by atoms with van der Waals surface area (Å²) in [6.45, 7) is 1.79. The molecule has 0 aliphatic heterocycles. The Balaban J connectivity index is 2.97. The number of hydrazine groups is 1. The minimum atomic E-state index is -0.280. The van der Waals surface area contributed by atoms with Crippen LogP contribution in [0.5, 0.6) is 5.75 Å². The molecule has 0 aliphatic rings. The summed E-state index contributed by atoms with van der Waals surface area (Å²) < 4.78 is 5.91. The number of benzene rings is 1. The van der Waals surface area contributed by atoms with Crippen LogP contribution < -0.4 is 16.0 Å². The number of rotatable bonds is 3. The van der Waals surface area contributed by atoms with Crippen LogP contribution in [0.2, 0.25) is 0 Å². The van der Waals surface area contributed by atoms with E-state index in [1.807, 2.05) is 12.1 Å². The van der Waals surface area contributed by atoms with Gasteiger partial charge in [0.2, 0.25) is 5.91 Å². The molecular formula is C10H13BrN2O2. The second-order valence-corrected chi connectivity index (χ2v) is 3.98. The minimum Gasteiger partial charge on any atom is -0.496 e. The van der Waals surface area contributed by atoms with Gasteiger partial charge in [-0.1, -0.05) is 6.07 Å². The number of halogens is 1. The summed E-state index contributed by atoms with van der Waals surface area (Å²) >= 11 is 3.36. The highest BCUT2D eigenvalue weighted by atomic mass is 79.9. The number of hydrogen-bond donors (Lipinski definition) is 2. The van der Waals surface area contributed by atoms with Gasteiger partial charge in [-0.2, -0.15) is 0 Å². The zero-order valence-corrected chi connectivity index (χ0v) is 10.2. The lowest BCUT2D eigenvalue weighted by Crippen LogP contribution is -2.33. The smallest absolute Gasteiger partial charge is 0.241 e. The van der Waals surface area contributed by atoms with Crippen LogP contribution in [0.4, 0.5) is 0 Å². The van der Waals surface area contributed by atoms with Crippen molar-refractivity contribution in [1.82, 2.24) is 5.43 Å². The fraction of sp³-hybridized carbons (Fsp3) is 0.300. The number of hydrogen-bond acceptors (Lipinski definition) is 3. The summed E-state index contributed by atoms with van der Waals surface area (Å²) in [6, 6.07) is 5.49. The average molecular weight is 273 g/mol. The first kappa shape index (κ1) is 12.0. The first-order valence-corrected chi connectivity index (χ1v) is 5.23. The van der Waals surface area contributed by atoms with E-state index in [1.165, 1.54) is 0 Å². The van der Waals surface area contributed by atoms with Gasteiger partial charge in [0.05, 0.1) is 17.5 Å². The van der Waals surface area contributed by atoms with Crippen LogP contribution in [0.25, 0.3) is 0 Å². The van der Waals surface area contributed by atoms with Crippen LogP contribution in [0, 0.1) is 0 Å². The van der Waals surface area contributed by atoms with Crippen molar-refractivity contribution in [3.8, 4) is 5.75 Å². The molecule has 1 aromatic carbocycles. The summed E-state index contributed by atoms with van der Waals surface area (Å²) in [5.74, 6) is 5.31. The second-order valence-electron chi connectivity index (χ2n) is 3.12. The number of carbonyl (C=O) groups excluding carboxylic acids is 1. The molecule has 0 bridgehead atoms. The third-order valence-electron chi connectivity index (χ3n) is 2.21. The lowest BCUT2D eigenvalue weighted by atomic mass is 10.0. The third kappa shape index (κ3) is 2.70. The largest absolute Gasteiger partial charge is 0.496 e. The molecular weight excluding hydrogens is 260 g/mol. The van der Waals surface area contributed by atoms with E-state index in [4.69, 9.17) is 10.6 Å². The molecule has 5 heteroatoms. The van der Waals surface area contributed by atoms with E-state index in [1.54, 1.807) is 20.1 Å². The Morgan fingerprint density at radius 3 is 2.73 bits per heavy atom. The molecule has 0 aliphatic carbocycles. The van der Waals surface area contributed by atoms with E-state index >= 15 is 0 Å². The van der Waals surface area contributed by atoms with Gasteiger partial charge in [0.25, 0.3) is 0 Å². The molecule has 1 rings (SSSR count). The van der Waals surface area contributed by atoms with E-state index < -0.39 is 0 Å². The Kier molecular flexibility index (Phi) is 4.11. The number of amides is 1. The van der Waals surface area contributed by atoms with Crippen LogP contribution >= 0.6 is 15.9 Å². The fourth-order valence-corrected chi connectivity index (χ4v) is 1.79. The fourth-order valence-electron chi connectivity index (χ4n) is 1.23. The quantitative estimate of drug-likeness (QED) is 0.499. The van der Waals surface area contributed by atoms with Gasteiger partial charge in [0.1, 0.15) is 5.75 Å². The molecule has 0 saturated carbocycles. The summed E-state index contributed by atoms with van der Waals surface area (Å²) in [6.07, 6.45) is 0. The molecule has 0 fully saturated rings. The summed E-state index contributed by atoms with van der Waals surface area (Å²) in [4.78, 5) is 11.3. The lowest BCUT2D eigenvalue weighted by molar-refractivity contribution is -0.122. The van der Waals surface area contributed by atoms with Crippen LogP contribution in [0.3, 0.4) is 0 Å².